The summed E-state index contributed by atoms with van der Waals surface area (Å²) >= 11 is 0. The maximum absolute atomic E-state index is 12.6. The normalized spacial score (nSPS) is 10.9. The van der Waals surface area contributed by atoms with Crippen LogP contribution in [0.3, 0.4) is 0 Å². The van der Waals surface area contributed by atoms with Crippen molar-refractivity contribution in [3.05, 3.63) is 30.0 Å². The van der Waals surface area contributed by atoms with Crippen molar-refractivity contribution in [1.82, 2.24) is 9.88 Å². The summed E-state index contributed by atoms with van der Waals surface area (Å²) < 4.78 is 15.3. The van der Waals surface area contributed by atoms with Crippen molar-refractivity contribution in [3.63, 3.8) is 0 Å². The van der Waals surface area contributed by atoms with E-state index in [4.69, 9.17) is 14.2 Å². The number of carbonyl (C=O) groups is 1. The standard InChI is InChI=1S/C16H22N2O4/c1-20-8-6-18(7-9-21-2)16(19)15-11-12-10-13(22-3)4-5-14(12)17-15/h4-5,10-11,17H,6-9H2,1-3H3. The molecule has 0 aliphatic heterocycles. The Morgan fingerprint density at radius 3 is 2.36 bits per heavy atom. The van der Waals surface area contributed by atoms with Gasteiger partial charge in [-0.2, -0.15) is 0 Å². The first-order chi connectivity index (χ1) is 10.7. The summed E-state index contributed by atoms with van der Waals surface area (Å²) in [6, 6.07) is 7.50. The Bertz CT molecular complexity index is 616. The van der Waals surface area contributed by atoms with Crippen molar-refractivity contribution in [3.8, 4) is 5.75 Å². The molecule has 0 saturated carbocycles. The molecule has 2 rings (SSSR count). The van der Waals surface area contributed by atoms with Gasteiger partial charge in [0.05, 0.1) is 20.3 Å². The molecule has 0 aliphatic carbocycles. The number of fused-ring (bicyclic) bond motifs is 1. The Labute approximate surface area is 130 Å². The zero-order valence-corrected chi connectivity index (χ0v) is 13.2. The maximum atomic E-state index is 12.6. The van der Waals surface area contributed by atoms with Crippen LogP contribution in [-0.4, -0.2) is 63.4 Å². The van der Waals surface area contributed by atoms with Crippen LogP contribution in [0, 0.1) is 0 Å². The van der Waals surface area contributed by atoms with Crippen LogP contribution in [-0.2, 0) is 9.47 Å². The van der Waals surface area contributed by atoms with Crippen molar-refractivity contribution in [2.75, 3.05) is 47.6 Å². The minimum absolute atomic E-state index is 0.0655. The Morgan fingerprint density at radius 2 is 1.77 bits per heavy atom. The molecule has 0 aliphatic rings. The molecule has 1 heterocycles. The lowest BCUT2D eigenvalue weighted by molar-refractivity contribution is 0.0623. The summed E-state index contributed by atoms with van der Waals surface area (Å²) in [5.74, 6) is 0.699. The number of benzene rings is 1. The summed E-state index contributed by atoms with van der Waals surface area (Å²) in [4.78, 5) is 17.5. The largest absolute Gasteiger partial charge is 0.497 e. The van der Waals surface area contributed by atoms with Gasteiger partial charge in [-0.25, -0.2) is 0 Å². The SMILES string of the molecule is COCCN(CCOC)C(=O)c1cc2cc(OC)ccc2[nH]1. The fourth-order valence-electron chi connectivity index (χ4n) is 2.24. The topological polar surface area (TPSA) is 63.8 Å². The molecule has 0 radical (unpaired) electrons. The average Bonchev–Trinajstić information content (AvgIpc) is 2.97. The van der Waals surface area contributed by atoms with Crippen LogP contribution >= 0.6 is 0 Å². The molecule has 0 bridgehead atoms. The van der Waals surface area contributed by atoms with Crippen molar-refractivity contribution in [2.24, 2.45) is 0 Å². The number of amides is 1. The lowest BCUT2D eigenvalue weighted by Gasteiger charge is -2.21. The van der Waals surface area contributed by atoms with Gasteiger partial charge in [0, 0.05) is 38.2 Å². The van der Waals surface area contributed by atoms with Crippen LogP contribution in [0.4, 0.5) is 0 Å². The monoisotopic (exact) mass is 306 g/mol. The molecule has 0 spiro atoms. The van der Waals surface area contributed by atoms with Crippen molar-refractivity contribution < 1.29 is 19.0 Å². The summed E-state index contributed by atoms with van der Waals surface area (Å²) in [5.41, 5.74) is 1.46. The quantitative estimate of drug-likeness (QED) is 0.809. The molecule has 22 heavy (non-hydrogen) atoms. The fraction of sp³-hybridized carbons (Fsp3) is 0.438. The van der Waals surface area contributed by atoms with Gasteiger partial charge in [0.25, 0.3) is 5.91 Å². The van der Waals surface area contributed by atoms with E-state index in [1.54, 1.807) is 26.2 Å². The molecule has 1 aromatic carbocycles. The van der Waals surface area contributed by atoms with Gasteiger partial charge in [-0.05, 0) is 24.3 Å². The second-order valence-corrected chi connectivity index (χ2v) is 4.91. The number of nitrogens with zero attached hydrogens (tertiary/aromatic N) is 1. The molecule has 6 heteroatoms. The summed E-state index contributed by atoms with van der Waals surface area (Å²) in [6.07, 6.45) is 0. The molecule has 0 atom stereocenters. The van der Waals surface area contributed by atoms with E-state index in [2.05, 4.69) is 4.98 Å². The van der Waals surface area contributed by atoms with Crippen molar-refractivity contribution in [2.45, 2.75) is 0 Å². The zero-order chi connectivity index (χ0) is 15.9. The van der Waals surface area contributed by atoms with E-state index in [1.165, 1.54) is 0 Å². The number of hydrogen-bond acceptors (Lipinski definition) is 4. The molecule has 2 aromatic rings. The number of methoxy groups -OCH3 is 3. The number of carbonyl (C=O) groups excluding carboxylic acids is 1. The Kier molecular flexibility index (Phi) is 5.80. The number of rotatable bonds is 8. The molecule has 0 saturated heterocycles. The van der Waals surface area contributed by atoms with Crippen LogP contribution in [0.1, 0.15) is 10.5 Å². The third-order valence-corrected chi connectivity index (χ3v) is 3.48. The summed E-state index contributed by atoms with van der Waals surface area (Å²) in [5, 5.41) is 0.945. The predicted molar refractivity (Wildman–Crippen MR) is 84.5 cm³/mol. The molecular weight excluding hydrogens is 284 g/mol. The van der Waals surface area contributed by atoms with E-state index in [0.29, 0.717) is 32.0 Å². The molecule has 0 unspecified atom stereocenters. The number of aromatic nitrogens is 1. The number of ether oxygens (including phenoxy) is 3. The van der Waals surface area contributed by atoms with E-state index in [-0.39, 0.29) is 5.91 Å². The summed E-state index contributed by atoms with van der Waals surface area (Å²) in [6.45, 7) is 2.03. The van der Waals surface area contributed by atoms with Crippen molar-refractivity contribution >= 4 is 16.8 Å². The lowest BCUT2D eigenvalue weighted by Crippen LogP contribution is -2.36. The molecule has 6 nitrogen and oxygen atoms in total. The predicted octanol–water partition coefficient (Wildman–Crippen LogP) is 1.91. The van der Waals surface area contributed by atoms with Gasteiger partial charge in [-0.1, -0.05) is 0 Å². The Morgan fingerprint density at radius 1 is 1.09 bits per heavy atom. The van der Waals surface area contributed by atoms with Crippen LogP contribution < -0.4 is 4.74 Å². The average molecular weight is 306 g/mol. The Balaban J connectivity index is 2.21. The molecule has 0 fully saturated rings. The first-order valence-corrected chi connectivity index (χ1v) is 7.13. The number of H-pyrrole nitrogens is 1. The summed E-state index contributed by atoms with van der Waals surface area (Å²) in [7, 11) is 4.86. The second-order valence-electron chi connectivity index (χ2n) is 4.91. The smallest absolute Gasteiger partial charge is 0.270 e. The molecule has 1 N–H and O–H groups in total. The molecule has 1 amide bonds. The van der Waals surface area contributed by atoms with E-state index in [1.807, 2.05) is 24.3 Å². The lowest BCUT2D eigenvalue weighted by atomic mass is 10.2. The molecule has 1 aromatic heterocycles. The highest BCUT2D eigenvalue weighted by atomic mass is 16.5. The second kappa shape index (κ2) is 7.82. The first kappa shape index (κ1) is 16.3. The number of nitrogens with one attached hydrogen (secondary N) is 1. The maximum Gasteiger partial charge on any atom is 0.270 e. The third kappa shape index (κ3) is 3.78. The molecule has 120 valence electrons. The first-order valence-electron chi connectivity index (χ1n) is 7.13. The third-order valence-electron chi connectivity index (χ3n) is 3.48. The van der Waals surface area contributed by atoms with Crippen LogP contribution in [0.15, 0.2) is 24.3 Å². The number of aromatic amines is 1. The van der Waals surface area contributed by atoms with Gasteiger partial charge in [-0.3, -0.25) is 4.79 Å². The van der Waals surface area contributed by atoms with E-state index in [9.17, 15) is 4.79 Å². The van der Waals surface area contributed by atoms with E-state index < -0.39 is 0 Å². The minimum atomic E-state index is -0.0655. The van der Waals surface area contributed by atoms with E-state index >= 15 is 0 Å². The highest BCUT2D eigenvalue weighted by Crippen LogP contribution is 2.22. The fourth-order valence-corrected chi connectivity index (χ4v) is 2.24. The van der Waals surface area contributed by atoms with Gasteiger partial charge < -0.3 is 24.1 Å². The highest BCUT2D eigenvalue weighted by molar-refractivity contribution is 5.98. The van der Waals surface area contributed by atoms with Gasteiger partial charge in [0.1, 0.15) is 11.4 Å². The van der Waals surface area contributed by atoms with Crippen molar-refractivity contribution in [1.29, 1.82) is 0 Å². The van der Waals surface area contributed by atoms with Gasteiger partial charge >= 0.3 is 0 Å². The highest BCUT2D eigenvalue weighted by Gasteiger charge is 2.17. The van der Waals surface area contributed by atoms with Gasteiger partial charge in [0.2, 0.25) is 0 Å². The van der Waals surface area contributed by atoms with E-state index in [0.717, 1.165) is 16.7 Å². The number of hydrogen-bond donors (Lipinski definition) is 1. The van der Waals surface area contributed by atoms with Crippen LogP contribution in [0.2, 0.25) is 0 Å². The van der Waals surface area contributed by atoms with Gasteiger partial charge in [0.15, 0.2) is 0 Å². The zero-order valence-electron chi connectivity index (χ0n) is 13.2. The molecular formula is C16H22N2O4. The van der Waals surface area contributed by atoms with Crippen LogP contribution in [0.25, 0.3) is 10.9 Å². The van der Waals surface area contributed by atoms with Gasteiger partial charge in [-0.15, -0.1) is 0 Å². The minimum Gasteiger partial charge on any atom is -0.497 e. The Hall–Kier alpha value is -2.05. The van der Waals surface area contributed by atoms with Crippen LogP contribution in [0.5, 0.6) is 5.75 Å².